The molecule has 0 aliphatic carbocycles. The summed E-state index contributed by atoms with van der Waals surface area (Å²) >= 11 is 0. The second kappa shape index (κ2) is 6.93. The van der Waals surface area contributed by atoms with Crippen LogP contribution in [0.15, 0.2) is 30.3 Å². The zero-order valence-corrected chi connectivity index (χ0v) is 12.4. The Morgan fingerprint density at radius 2 is 1.82 bits per heavy atom. The Labute approximate surface area is 127 Å². The molecule has 0 bridgehead atoms. The lowest BCUT2D eigenvalue weighted by Crippen LogP contribution is -2.34. The first kappa shape index (κ1) is 15.8. The van der Waals surface area contributed by atoms with Crippen LogP contribution >= 0.6 is 0 Å². The van der Waals surface area contributed by atoms with Gasteiger partial charge in [0.2, 0.25) is 0 Å². The molecule has 1 heterocycles. The van der Waals surface area contributed by atoms with Gasteiger partial charge in [-0.05, 0) is 19.4 Å². The van der Waals surface area contributed by atoms with Crippen molar-refractivity contribution in [2.24, 2.45) is 0 Å². The molecule has 7 heteroatoms. The van der Waals surface area contributed by atoms with E-state index in [4.69, 9.17) is 14.3 Å². The Bertz CT molecular complexity index is 583. The molecule has 1 aromatic rings. The van der Waals surface area contributed by atoms with Crippen LogP contribution in [-0.2, 0) is 23.9 Å². The third-order valence-corrected chi connectivity index (χ3v) is 3.17. The van der Waals surface area contributed by atoms with Crippen molar-refractivity contribution in [3.8, 4) is 0 Å². The second-order valence-corrected chi connectivity index (χ2v) is 4.53. The number of benzene rings is 1. The summed E-state index contributed by atoms with van der Waals surface area (Å²) in [7, 11) is 0. The van der Waals surface area contributed by atoms with Gasteiger partial charge in [-0.3, -0.25) is 10.0 Å². The van der Waals surface area contributed by atoms with Crippen LogP contribution in [0.2, 0.25) is 0 Å². The quantitative estimate of drug-likeness (QED) is 0.599. The number of esters is 2. The highest BCUT2D eigenvalue weighted by Crippen LogP contribution is 2.30. The van der Waals surface area contributed by atoms with Gasteiger partial charge in [-0.1, -0.05) is 30.3 Å². The molecular formula is C15H17NO6. The van der Waals surface area contributed by atoms with Gasteiger partial charge in [0.15, 0.2) is 6.10 Å². The number of carbonyl (C=O) groups is 2. The van der Waals surface area contributed by atoms with Gasteiger partial charge in [-0.2, -0.15) is 0 Å². The molecule has 0 unspecified atom stereocenters. The Kier molecular flexibility index (Phi) is 4.98. The van der Waals surface area contributed by atoms with Crippen molar-refractivity contribution in [1.82, 2.24) is 0 Å². The van der Waals surface area contributed by atoms with E-state index < -0.39 is 24.0 Å². The lowest BCUT2D eigenvalue weighted by molar-refractivity contribution is -0.736. The van der Waals surface area contributed by atoms with Gasteiger partial charge in [-0.25, -0.2) is 4.79 Å². The standard InChI is InChI=1S/C15H17NO6/c1-3-20-14(17)12-11(10-8-6-5-7-9-10)13(22-16(12)19)15(18)21-4-2/h5-9,11,13H,3-4H2,1-2H3/t11-,13-/m1/s1. The molecule has 0 spiro atoms. The Morgan fingerprint density at radius 3 is 2.41 bits per heavy atom. The summed E-state index contributed by atoms with van der Waals surface area (Å²) in [6.07, 6.45) is -1.21. The molecule has 2 atom stereocenters. The van der Waals surface area contributed by atoms with Gasteiger partial charge in [0.25, 0.3) is 0 Å². The van der Waals surface area contributed by atoms with E-state index in [2.05, 4.69) is 0 Å². The first-order valence-corrected chi connectivity index (χ1v) is 6.99. The third-order valence-electron chi connectivity index (χ3n) is 3.17. The molecule has 1 aliphatic rings. The van der Waals surface area contributed by atoms with Crippen LogP contribution in [0.5, 0.6) is 0 Å². The number of nitrogens with zero attached hydrogens (tertiary/aromatic N) is 1. The largest absolute Gasteiger partial charge is 0.465 e. The zero-order chi connectivity index (χ0) is 16.1. The molecule has 0 radical (unpaired) electrons. The van der Waals surface area contributed by atoms with E-state index >= 15 is 0 Å². The van der Waals surface area contributed by atoms with Crippen molar-refractivity contribution >= 4 is 17.7 Å². The molecule has 22 heavy (non-hydrogen) atoms. The molecule has 2 rings (SSSR count). The molecule has 1 aromatic carbocycles. The summed E-state index contributed by atoms with van der Waals surface area (Å²) in [5, 5.41) is 11.9. The Hall–Kier alpha value is -2.57. The van der Waals surface area contributed by atoms with Crippen molar-refractivity contribution in [1.29, 1.82) is 0 Å². The molecule has 0 saturated heterocycles. The predicted molar refractivity (Wildman–Crippen MR) is 76.0 cm³/mol. The molecule has 118 valence electrons. The fourth-order valence-corrected chi connectivity index (χ4v) is 2.28. The van der Waals surface area contributed by atoms with Gasteiger partial charge in [0.05, 0.1) is 18.1 Å². The smallest absolute Gasteiger partial charge is 0.405 e. The van der Waals surface area contributed by atoms with E-state index in [-0.39, 0.29) is 23.8 Å². The number of carbonyl (C=O) groups excluding carboxylic acids is 2. The summed E-state index contributed by atoms with van der Waals surface area (Å²) in [6.45, 7) is 3.54. The molecule has 0 aromatic heterocycles. The fraction of sp³-hybridized carbons (Fsp3) is 0.400. The number of ether oxygens (including phenoxy) is 2. The van der Waals surface area contributed by atoms with Gasteiger partial charge < -0.3 is 14.3 Å². The van der Waals surface area contributed by atoms with Gasteiger partial charge >= 0.3 is 17.7 Å². The predicted octanol–water partition coefficient (Wildman–Crippen LogP) is 1.16. The van der Waals surface area contributed by atoms with Gasteiger partial charge in [-0.15, -0.1) is 0 Å². The normalized spacial score (nSPS) is 20.5. The first-order chi connectivity index (χ1) is 10.6. The summed E-state index contributed by atoms with van der Waals surface area (Å²) < 4.78 is 9.81. The van der Waals surface area contributed by atoms with Crippen molar-refractivity contribution in [2.75, 3.05) is 13.2 Å². The highest BCUT2D eigenvalue weighted by Gasteiger charge is 2.50. The number of hydrogen-bond acceptors (Lipinski definition) is 6. The topological polar surface area (TPSA) is 87.9 Å². The first-order valence-electron chi connectivity index (χ1n) is 6.99. The van der Waals surface area contributed by atoms with E-state index in [0.29, 0.717) is 5.56 Å². The Morgan fingerprint density at radius 1 is 1.18 bits per heavy atom. The lowest BCUT2D eigenvalue weighted by atomic mass is 9.89. The minimum absolute atomic E-state index is 0.0528. The van der Waals surface area contributed by atoms with Crippen LogP contribution in [0, 0.1) is 5.21 Å². The maximum Gasteiger partial charge on any atom is 0.405 e. The maximum atomic E-state index is 12.0. The van der Waals surface area contributed by atoms with Crippen LogP contribution in [-0.4, -0.2) is 41.9 Å². The molecular weight excluding hydrogens is 290 g/mol. The zero-order valence-electron chi connectivity index (χ0n) is 12.4. The third kappa shape index (κ3) is 3.03. The van der Waals surface area contributed by atoms with Crippen molar-refractivity contribution in [2.45, 2.75) is 25.9 Å². The molecule has 1 aliphatic heterocycles. The highest BCUT2D eigenvalue weighted by atomic mass is 16.9. The maximum absolute atomic E-state index is 12.0. The summed E-state index contributed by atoms with van der Waals surface area (Å²) in [4.78, 5) is 29.1. The minimum atomic E-state index is -1.21. The minimum Gasteiger partial charge on any atom is -0.465 e. The van der Waals surface area contributed by atoms with E-state index in [1.54, 1.807) is 44.2 Å². The van der Waals surface area contributed by atoms with Crippen molar-refractivity contribution in [3.63, 3.8) is 0 Å². The van der Waals surface area contributed by atoms with E-state index in [1.807, 2.05) is 0 Å². The molecule has 0 fully saturated rings. The SMILES string of the molecule is CCOC(=O)C1=[N+]([O-])O[C@@H](C(=O)OCC)[C@@H]1c1ccccc1. The summed E-state index contributed by atoms with van der Waals surface area (Å²) in [5.41, 5.74) is 0.341. The van der Waals surface area contributed by atoms with Gasteiger partial charge in [0, 0.05) is 0 Å². The Balaban J connectivity index is 2.40. The van der Waals surface area contributed by atoms with Crippen LogP contribution in [0.4, 0.5) is 0 Å². The average molecular weight is 307 g/mol. The van der Waals surface area contributed by atoms with E-state index in [1.165, 1.54) is 0 Å². The molecule has 0 N–H and O–H groups in total. The summed E-state index contributed by atoms with van der Waals surface area (Å²) in [5.74, 6) is -2.37. The van der Waals surface area contributed by atoms with E-state index in [0.717, 1.165) is 0 Å². The second-order valence-electron chi connectivity index (χ2n) is 4.53. The van der Waals surface area contributed by atoms with Crippen LogP contribution in [0.1, 0.15) is 25.3 Å². The average Bonchev–Trinajstić information content (AvgIpc) is 2.86. The van der Waals surface area contributed by atoms with E-state index in [9.17, 15) is 14.8 Å². The number of rotatable bonds is 5. The van der Waals surface area contributed by atoms with Gasteiger partial charge in [0.1, 0.15) is 5.92 Å². The fourth-order valence-electron chi connectivity index (χ4n) is 2.28. The monoisotopic (exact) mass is 307 g/mol. The van der Waals surface area contributed by atoms with Crippen LogP contribution in [0.25, 0.3) is 0 Å². The van der Waals surface area contributed by atoms with Crippen LogP contribution < -0.4 is 0 Å². The number of hydrogen-bond donors (Lipinski definition) is 0. The van der Waals surface area contributed by atoms with Crippen molar-refractivity contribution in [3.05, 3.63) is 41.1 Å². The molecule has 0 amide bonds. The molecule has 7 nitrogen and oxygen atoms in total. The molecule has 0 saturated carbocycles. The van der Waals surface area contributed by atoms with Crippen LogP contribution in [0.3, 0.4) is 0 Å². The summed E-state index contributed by atoms with van der Waals surface area (Å²) in [6, 6.07) is 8.69. The van der Waals surface area contributed by atoms with Crippen molar-refractivity contribution < 1.29 is 28.8 Å². The lowest BCUT2D eigenvalue weighted by Gasteiger charge is -2.17. The highest BCUT2D eigenvalue weighted by molar-refractivity contribution is 6.37.